The van der Waals surface area contributed by atoms with Crippen LogP contribution in [-0.4, -0.2) is 5.97 Å². The summed E-state index contributed by atoms with van der Waals surface area (Å²) in [6.07, 6.45) is 0.243. The first-order valence-corrected chi connectivity index (χ1v) is 4.32. The van der Waals surface area contributed by atoms with Crippen LogP contribution in [0.4, 0.5) is 0 Å². The van der Waals surface area contributed by atoms with E-state index in [0.717, 1.165) is 5.56 Å². The largest absolute Gasteiger partial charge is 1.00 e. The van der Waals surface area contributed by atoms with Crippen molar-refractivity contribution in [3.8, 4) is 5.75 Å². The van der Waals surface area contributed by atoms with E-state index in [1.165, 1.54) is 12.1 Å². The maximum atomic E-state index is 11.0. The maximum Gasteiger partial charge on any atom is 1.00 e. The first kappa shape index (κ1) is 11.9. The molecule has 3 nitrogen and oxygen atoms in total. The summed E-state index contributed by atoms with van der Waals surface area (Å²) in [5.74, 6) is -0.391. The Labute approximate surface area is 99.9 Å². The Balaban J connectivity index is 0.00000112. The molecule has 1 aromatic rings. The third-order valence-electron chi connectivity index (χ3n) is 2.22. The molecule has 1 atom stereocenters. The third-order valence-corrected chi connectivity index (χ3v) is 2.22. The SMILES string of the molecule is C=C1CC(c2ccc([O-])cc2)OC1=O.[Li+]. The molecule has 0 saturated carbocycles. The van der Waals surface area contributed by atoms with Crippen molar-refractivity contribution in [2.75, 3.05) is 0 Å². The molecule has 1 fully saturated rings. The molecule has 1 aromatic carbocycles. The van der Waals surface area contributed by atoms with Crippen LogP contribution in [0, 0.1) is 0 Å². The van der Waals surface area contributed by atoms with Gasteiger partial charge in [0.15, 0.2) is 0 Å². The van der Waals surface area contributed by atoms with Gasteiger partial charge < -0.3 is 9.84 Å². The van der Waals surface area contributed by atoms with Crippen LogP contribution >= 0.6 is 0 Å². The molecule has 72 valence electrons. The number of carbonyl (C=O) groups is 1. The molecular weight excluding hydrogens is 187 g/mol. The van der Waals surface area contributed by atoms with E-state index in [0.29, 0.717) is 12.0 Å². The van der Waals surface area contributed by atoms with Crippen molar-refractivity contribution in [1.82, 2.24) is 0 Å². The Hall–Kier alpha value is -1.17. The maximum absolute atomic E-state index is 11.0. The van der Waals surface area contributed by atoms with E-state index in [4.69, 9.17) is 4.74 Å². The smallest absolute Gasteiger partial charge is 0.872 e. The predicted molar refractivity (Wildman–Crippen MR) is 48.5 cm³/mol. The molecular formula is C11H9LiO3. The van der Waals surface area contributed by atoms with Gasteiger partial charge in [-0.2, -0.15) is 0 Å². The van der Waals surface area contributed by atoms with Crippen LogP contribution < -0.4 is 24.0 Å². The molecule has 1 unspecified atom stereocenters. The second kappa shape index (κ2) is 4.56. The molecule has 1 aliphatic rings. The Morgan fingerprint density at radius 3 is 2.40 bits per heavy atom. The molecule has 0 aliphatic carbocycles. The average molecular weight is 196 g/mol. The molecule has 1 heterocycles. The number of benzene rings is 1. The summed E-state index contributed by atoms with van der Waals surface area (Å²) in [6.45, 7) is 3.59. The van der Waals surface area contributed by atoms with E-state index in [1.807, 2.05) is 0 Å². The summed E-state index contributed by atoms with van der Waals surface area (Å²) in [5.41, 5.74) is 1.33. The quantitative estimate of drug-likeness (QED) is 0.306. The molecule has 1 aliphatic heterocycles. The number of cyclic esters (lactones) is 1. The number of hydrogen-bond acceptors (Lipinski definition) is 3. The van der Waals surface area contributed by atoms with Crippen molar-refractivity contribution in [2.24, 2.45) is 0 Å². The van der Waals surface area contributed by atoms with E-state index in [-0.39, 0.29) is 36.7 Å². The Morgan fingerprint density at radius 2 is 1.93 bits per heavy atom. The summed E-state index contributed by atoms with van der Waals surface area (Å²) in [6, 6.07) is 6.28. The van der Waals surface area contributed by atoms with Gasteiger partial charge in [0.05, 0.1) is 0 Å². The van der Waals surface area contributed by atoms with Crippen LogP contribution in [-0.2, 0) is 9.53 Å². The van der Waals surface area contributed by atoms with Crippen LogP contribution in [0.2, 0.25) is 0 Å². The Morgan fingerprint density at radius 1 is 1.33 bits per heavy atom. The van der Waals surface area contributed by atoms with Gasteiger partial charge in [0, 0.05) is 12.0 Å². The zero-order valence-electron chi connectivity index (χ0n) is 8.53. The van der Waals surface area contributed by atoms with E-state index in [1.54, 1.807) is 12.1 Å². The number of hydrogen-bond donors (Lipinski definition) is 0. The second-order valence-corrected chi connectivity index (χ2v) is 3.27. The standard InChI is InChI=1S/C11H10O3.Li/c1-7-6-10(14-11(7)13)8-2-4-9(12)5-3-8;/h2-5,10,12H,1,6H2;/q;+1/p-1. The summed E-state index contributed by atoms with van der Waals surface area (Å²) in [7, 11) is 0. The van der Waals surface area contributed by atoms with Gasteiger partial charge in [-0.05, 0) is 5.56 Å². The minimum absolute atomic E-state index is 0. The summed E-state index contributed by atoms with van der Waals surface area (Å²) >= 11 is 0. The van der Waals surface area contributed by atoms with E-state index >= 15 is 0 Å². The normalized spacial score (nSPS) is 19.6. The van der Waals surface area contributed by atoms with Gasteiger partial charge in [-0.25, -0.2) is 4.79 Å². The second-order valence-electron chi connectivity index (χ2n) is 3.27. The van der Waals surface area contributed by atoms with Gasteiger partial charge in [-0.3, -0.25) is 0 Å². The summed E-state index contributed by atoms with van der Waals surface area (Å²) in [4.78, 5) is 11.0. The topological polar surface area (TPSA) is 49.4 Å². The predicted octanol–water partition coefficient (Wildman–Crippen LogP) is -1.69. The molecule has 4 heteroatoms. The van der Waals surface area contributed by atoms with Crippen LogP contribution in [0.5, 0.6) is 5.75 Å². The van der Waals surface area contributed by atoms with Crippen molar-refractivity contribution in [3.05, 3.63) is 42.0 Å². The zero-order valence-corrected chi connectivity index (χ0v) is 8.53. The molecule has 1 saturated heterocycles. The first-order chi connectivity index (χ1) is 6.66. The molecule has 0 spiro atoms. The van der Waals surface area contributed by atoms with E-state index < -0.39 is 0 Å². The fourth-order valence-electron chi connectivity index (χ4n) is 1.43. The van der Waals surface area contributed by atoms with Gasteiger partial charge >= 0.3 is 24.8 Å². The number of ether oxygens (including phenoxy) is 1. The molecule has 0 aromatic heterocycles. The van der Waals surface area contributed by atoms with Gasteiger partial charge in [-0.15, -0.1) is 5.75 Å². The van der Waals surface area contributed by atoms with Crippen molar-refractivity contribution in [3.63, 3.8) is 0 Å². The van der Waals surface area contributed by atoms with Gasteiger partial charge in [-0.1, -0.05) is 30.8 Å². The molecule has 0 bridgehead atoms. The number of carbonyl (C=O) groups excluding carboxylic acids is 1. The van der Waals surface area contributed by atoms with Crippen molar-refractivity contribution < 1.29 is 33.5 Å². The summed E-state index contributed by atoms with van der Waals surface area (Å²) in [5, 5.41) is 10.8. The third kappa shape index (κ3) is 2.44. The Kier molecular flexibility index (Phi) is 3.62. The number of rotatable bonds is 1. The summed E-state index contributed by atoms with van der Waals surface area (Å²) < 4.78 is 5.06. The van der Waals surface area contributed by atoms with Gasteiger partial charge in [0.2, 0.25) is 0 Å². The van der Waals surface area contributed by atoms with Crippen LogP contribution in [0.25, 0.3) is 0 Å². The molecule has 2 rings (SSSR count). The molecule has 0 N–H and O–H groups in total. The fraction of sp³-hybridized carbons (Fsp3) is 0.182. The molecule has 0 radical (unpaired) electrons. The molecule has 15 heavy (non-hydrogen) atoms. The van der Waals surface area contributed by atoms with Crippen molar-refractivity contribution >= 4 is 5.97 Å². The first-order valence-electron chi connectivity index (χ1n) is 4.32. The number of esters is 1. The Bertz CT molecular complexity index is 367. The minimum Gasteiger partial charge on any atom is -0.872 e. The van der Waals surface area contributed by atoms with Crippen LogP contribution in [0.1, 0.15) is 18.1 Å². The fourth-order valence-corrected chi connectivity index (χ4v) is 1.43. The van der Waals surface area contributed by atoms with E-state index in [9.17, 15) is 9.90 Å². The van der Waals surface area contributed by atoms with Crippen molar-refractivity contribution in [1.29, 1.82) is 0 Å². The zero-order chi connectivity index (χ0) is 10.1. The van der Waals surface area contributed by atoms with Crippen LogP contribution in [0.3, 0.4) is 0 Å². The minimum atomic E-state index is -0.346. The van der Waals surface area contributed by atoms with Crippen LogP contribution in [0.15, 0.2) is 36.4 Å². The van der Waals surface area contributed by atoms with Gasteiger partial charge in [0.25, 0.3) is 0 Å². The van der Waals surface area contributed by atoms with Gasteiger partial charge in [0.1, 0.15) is 6.10 Å². The van der Waals surface area contributed by atoms with Crippen molar-refractivity contribution in [2.45, 2.75) is 12.5 Å². The van der Waals surface area contributed by atoms with E-state index in [2.05, 4.69) is 6.58 Å². The molecule has 0 amide bonds. The average Bonchev–Trinajstić information content (AvgIpc) is 2.48. The monoisotopic (exact) mass is 196 g/mol.